The highest BCUT2D eigenvalue weighted by molar-refractivity contribution is 4.71. The van der Waals surface area contributed by atoms with E-state index in [-0.39, 0.29) is 0 Å². The molecule has 0 spiro atoms. The number of nitrogens with zero attached hydrogens (tertiary/aromatic N) is 2. The van der Waals surface area contributed by atoms with E-state index in [0.29, 0.717) is 6.10 Å². The van der Waals surface area contributed by atoms with Gasteiger partial charge < -0.3 is 19.9 Å². The van der Waals surface area contributed by atoms with Gasteiger partial charge in [0.05, 0.1) is 12.7 Å². The van der Waals surface area contributed by atoms with E-state index in [4.69, 9.17) is 4.74 Å². The van der Waals surface area contributed by atoms with Gasteiger partial charge in [0.2, 0.25) is 0 Å². The molecule has 16 heavy (non-hydrogen) atoms. The van der Waals surface area contributed by atoms with Crippen LogP contribution in [-0.4, -0.2) is 75.4 Å². The number of hydrogen-bond donors (Lipinski definition) is 1. The number of rotatable bonds is 7. The Bertz CT molecular complexity index is 174. The maximum Gasteiger partial charge on any atom is 0.0826 e. The molecule has 0 saturated carbocycles. The zero-order valence-electron chi connectivity index (χ0n) is 11.0. The van der Waals surface area contributed by atoms with E-state index in [1.165, 1.54) is 0 Å². The quantitative estimate of drug-likeness (QED) is 0.633. The molecule has 1 saturated heterocycles. The summed E-state index contributed by atoms with van der Waals surface area (Å²) >= 11 is 0. The van der Waals surface area contributed by atoms with E-state index < -0.39 is 0 Å². The van der Waals surface area contributed by atoms with Crippen LogP contribution in [0.15, 0.2) is 0 Å². The van der Waals surface area contributed by atoms with Crippen LogP contribution < -0.4 is 5.32 Å². The van der Waals surface area contributed by atoms with Crippen molar-refractivity contribution in [2.24, 2.45) is 0 Å². The average molecular weight is 229 g/mol. The van der Waals surface area contributed by atoms with Gasteiger partial charge in [-0.1, -0.05) is 13.8 Å². The molecule has 0 amide bonds. The van der Waals surface area contributed by atoms with Gasteiger partial charge in [-0.05, 0) is 20.1 Å². The molecule has 1 aliphatic rings. The molecule has 0 bridgehead atoms. The van der Waals surface area contributed by atoms with Crippen LogP contribution in [0.4, 0.5) is 0 Å². The van der Waals surface area contributed by atoms with E-state index in [9.17, 15) is 0 Å². The molecule has 0 aromatic carbocycles. The molecule has 1 N–H and O–H groups in total. The van der Waals surface area contributed by atoms with Crippen molar-refractivity contribution in [3.05, 3.63) is 0 Å². The van der Waals surface area contributed by atoms with E-state index in [2.05, 4.69) is 36.0 Å². The fourth-order valence-corrected chi connectivity index (χ4v) is 2.03. The van der Waals surface area contributed by atoms with E-state index in [0.717, 1.165) is 52.4 Å². The van der Waals surface area contributed by atoms with Crippen LogP contribution in [0.1, 0.15) is 13.8 Å². The van der Waals surface area contributed by atoms with Crippen LogP contribution in [0.2, 0.25) is 0 Å². The Morgan fingerprint density at radius 1 is 1.38 bits per heavy atom. The largest absolute Gasteiger partial charge is 0.374 e. The maximum atomic E-state index is 5.69. The Hall–Kier alpha value is -0.160. The smallest absolute Gasteiger partial charge is 0.0826 e. The van der Waals surface area contributed by atoms with Crippen molar-refractivity contribution in [2.45, 2.75) is 20.0 Å². The Kier molecular flexibility index (Phi) is 6.96. The fraction of sp³-hybridized carbons (Fsp3) is 1.00. The molecule has 0 aliphatic carbocycles. The Morgan fingerprint density at radius 3 is 2.75 bits per heavy atom. The standard InChI is InChI=1S/C12H27N3O/c1-4-15(5-2)7-6-13-10-12-11-14(3)8-9-16-12/h12-13H,4-11H2,1-3H3. The lowest BCUT2D eigenvalue weighted by molar-refractivity contribution is -0.0181. The minimum atomic E-state index is 0.371. The Morgan fingerprint density at radius 2 is 2.12 bits per heavy atom. The van der Waals surface area contributed by atoms with Crippen LogP contribution in [-0.2, 0) is 4.74 Å². The number of ether oxygens (including phenoxy) is 1. The molecule has 4 heteroatoms. The van der Waals surface area contributed by atoms with Gasteiger partial charge in [0, 0.05) is 32.7 Å². The SMILES string of the molecule is CCN(CC)CCNCC1CN(C)CCO1. The van der Waals surface area contributed by atoms with Gasteiger partial charge in [-0.2, -0.15) is 0 Å². The van der Waals surface area contributed by atoms with Gasteiger partial charge in [-0.3, -0.25) is 0 Å². The zero-order valence-corrected chi connectivity index (χ0v) is 11.0. The third-order valence-corrected chi connectivity index (χ3v) is 3.21. The van der Waals surface area contributed by atoms with Gasteiger partial charge in [0.1, 0.15) is 0 Å². The molecule has 1 rings (SSSR count). The van der Waals surface area contributed by atoms with Gasteiger partial charge >= 0.3 is 0 Å². The molecule has 0 aromatic heterocycles. The van der Waals surface area contributed by atoms with Crippen LogP contribution in [0.3, 0.4) is 0 Å². The summed E-state index contributed by atoms with van der Waals surface area (Å²) in [5.74, 6) is 0. The summed E-state index contributed by atoms with van der Waals surface area (Å²) in [6.45, 7) is 12.9. The number of likely N-dealkylation sites (N-methyl/N-ethyl adjacent to an activating group) is 2. The second-order valence-corrected chi connectivity index (χ2v) is 4.49. The molecule has 4 nitrogen and oxygen atoms in total. The maximum absolute atomic E-state index is 5.69. The molecule has 0 aromatic rings. The van der Waals surface area contributed by atoms with Gasteiger partial charge in [-0.15, -0.1) is 0 Å². The Balaban J connectivity index is 2.02. The Labute approximate surface area is 99.9 Å². The first-order valence-corrected chi connectivity index (χ1v) is 6.49. The number of morpholine rings is 1. The van der Waals surface area contributed by atoms with Crippen molar-refractivity contribution in [3.8, 4) is 0 Å². The molecule has 1 aliphatic heterocycles. The van der Waals surface area contributed by atoms with Gasteiger partial charge in [-0.25, -0.2) is 0 Å². The summed E-state index contributed by atoms with van der Waals surface area (Å²) < 4.78 is 5.69. The van der Waals surface area contributed by atoms with Gasteiger partial charge in [0.15, 0.2) is 0 Å². The minimum Gasteiger partial charge on any atom is -0.374 e. The highest BCUT2D eigenvalue weighted by atomic mass is 16.5. The van der Waals surface area contributed by atoms with E-state index in [1.54, 1.807) is 0 Å². The minimum absolute atomic E-state index is 0.371. The molecular weight excluding hydrogens is 202 g/mol. The summed E-state index contributed by atoms with van der Waals surface area (Å²) in [6, 6.07) is 0. The summed E-state index contributed by atoms with van der Waals surface area (Å²) in [7, 11) is 2.16. The van der Waals surface area contributed by atoms with Crippen molar-refractivity contribution in [3.63, 3.8) is 0 Å². The van der Waals surface area contributed by atoms with Crippen molar-refractivity contribution < 1.29 is 4.74 Å². The molecule has 1 unspecified atom stereocenters. The van der Waals surface area contributed by atoms with Crippen molar-refractivity contribution in [1.82, 2.24) is 15.1 Å². The topological polar surface area (TPSA) is 27.7 Å². The molecular formula is C12H27N3O. The monoisotopic (exact) mass is 229 g/mol. The number of nitrogens with one attached hydrogen (secondary N) is 1. The van der Waals surface area contributed by atoms with Crippen LogP contribution in [0.25, 0.3) is 0 Å². The van der Waals surface area contributed by atoms with E-state index >= 15 is 0 Å². The summed E-state index contributed by atoms with van der Waals surface area (Å²) in [5.41, 5.74) is 0. The predicted molar refractivity (Wildman–Crippen MR) is 67.9 cm³/mol. The van der Waals surface area contributed by atoms with Gasteiger partial charge in [0.25, 0.3) is 0 Å². The third kappa shape index (κ3) is 5.25. The molecule has 0 radical (unpaired) electrons. The lowest BCUT2D eigenvalue weighted by atomic mass is 10.3. The van der Waals surface area contributed by atoms with Crippen molar-refractivity contribution >= 4 is 0 Å². The second kappa shape index (κ2) is 8.01. The fourth-order valence-electron chi connectivity index (χ4n) is 2.03. The molecule has 96 valence electrons. The first-order valence-electron chi connectivity index (χ1n) is 6.49. The normalized spacial score (nSPS) is 22.9. The third-order valence-electron chi connectivity index (χ3n) is 3.21. The zero-order chi connectivity index (χ0) is 11.8. The first kappa shape index (κ1) is 13.9. The van der Waals surface area contributed by atoms with E-state index in [1.807, 2.05) is 0 Å². The second-order valence-electron chi connectivity index (χ2n) is 4.49. The lowest BCUT2D eigenvalue weighted by Gasteiger charge is -2.30. The molecule has 1 atom stereocenters. The van der Waals surface area contributed by atoms with Crippen molar-refractivity contribution in [1.29, 1.82) is 0 Å². The predicted octanol–water partition coefficient (Wildman–Crippen LogP) is 0.248. The highest BCUT2D eigenvalue weighted by Crippen LogP contribution is 2.01. The highest BCUT2D eigenvalue weighted by Gasteiger charge is 2.16. The van der Waals surface area contributed by atoms with Crippen LogP contribution >= 0.6 is 0 Å². The summed E-state index contributed by atoms with van der Waals surface area (Å²) in [4.78, 5) is 4.76. The van der Waals surface area contributed by atoms with Crippen LogP contribution in [0, 0.1) is 0 Å². The molecule has 1 heterocycles. The van der Waals surface area contributed by atoms with Crippen molar-refractivity contribution in [2.75, 3.05) is 59.5 Å². The summed E-state index contributed by atoms with van der Waals surface area (Å²) in [6.07, 6.45) is 0.371. The molecule has 1 fully saturated rings. The average Bonchev–Trinajstić information content (AvgIpc) is 2.29. The lowest BCUT2D eigenvalue weighted by Crippen LogP contribution is -2.45. The number of hydrogen-bond acceptors (Lipinski definition) is 4. The first-order chi connectivity index (χ1) is 7.76. The summed E-state index contributed by atoms with van der Waals surface area (Å²) in [5, 5.41) is 3.48. The van der Waals surface area contributed by atoms with Crippen LogP contribution in [0.5, 0.6) is 0 Å².